The highest BCUT2D eigenvalue weighted by Crippen LogP contribution is 2.23. The van der Waals surface area contributed by atoms with E-state index in [1.165, 1.54) is 5.56 Å². The zero-order chi connectivity index (χ0) is 14.9. The van der Waals surface area contributed by atoms with Gasteiger partial charge in [-0.3, -0.25) is 4.90 Å². The molecule has 1 aromatic heterocycles. The monoisotopic (exact) mass is 276 g/mol. The summed E-state index contributed by atoms with van der Waals surface area (Å²) in [6, 6.07) is 5.38. The number of hydrogen-bond acceptors (Lipinski definition) is 4. The predicted octanol–water partition coefficient (Wildman–Crippen LogP) is 2.19. The lowest BCUT2D eigenvalue weighted by Gasteiger charge is -2.43. The summed E-state index contributed by atoms with van der Waals surface area (Å²) in [7, 11) is 2.20. The quantitative estimate of drug-likeness (QED) is 0.919. The number of anilines is 1. The number of rotatable bonds is 3. The van der Waals surface area contributed by atoms with Crippen LogP contribution >= 0.6 is 0 Å². The van der Waals surface area contributed by atoms with Gasteiger partial charge in [0.15, 0.2) is 0 Å². The van der Waals surface area contributed by atoms with E-state index in [-0.39, 0.29) is 0 Å². The second kappa shape index (κ2) is 6.10. The third-order valence-corrected chi connectivity index (χ3v) is 4.40. The second-order valence-electron chi connectivity index (χ2n) is 6.39. The molecule has 1 fully saturated rings. The largest absolute Gasteiger partial charge is 0.353 e. The van der Waals surface area contributed by atoms with Gasteiger partial charge < -0.3 is 10.6 Å². The topological polar surface area (TPSA) is 45.4 Å². The minimum Gasteiger partial charge on any atom is -0.353 e. The fraction of sp³-hybridized carbons (Fsp3) is 0.688. The fourth-order valence-electron chi connectivity index (χ4n) is 2.76. The molecule has 0 radical (unpaired) electrons. The van der Waals surface area contributed by atoms with E-state index < -0.39 is 0 Å². The van der Waals surface area contributed by atoms with E-state index in [4.69, 9.17) is 10.7 Å². The first kappa shape index (κ1) is 15.3. The van der Waals surface area contributed by atoms with E-state index in [1.807, 2.05) is 0 Å². The van der Waals surface area contributed by atoms with Crippen molar-refractivity contribution in [1.82, 2.24) is 9.88 Å². The van der Waals surface area contributed by atoms with Crippen LogP contribution in [-0.2, 0) is 6.54 Å². The highest BCUT2D eigenvalue weighted by atomic mass is 15.3. The maximum Gasteiger partial charge on any atom is 0.129 e. The molecule has 2 unspecified atom stereocenters. The first-order chi connectivity index (χ1) is 9.42. The second-order valence-corrected chi connectivity index (χ2v) is 6.39. The number of nitrogens with two attached hydrogens (primary N) is 1. The third-order valence-electron chi connectivity index (χ3n) is 4.40. The van der Waals surface area contributed by atoms with Crippen LogP contribution in [0.5, 0.6) is 0 Å². The van der Waals surface area contributed by atoms with Gasteiger partial charge in [0.2, 0.25) is 0 Å². The van der Waals surface area contributed by atoms with Crippen LogP contribution in [0.1, 0.15) is 44.9 Å². The zero-order valence-corrected chi connectivity index (χ0v) is 13.4. The minimum atomic E-state index is 0.433. The van der Waals surface area contributed by atoms with Crippen molar-refractivity contribution in [2.24, 2.45) is 5.73 Å². The maximum absolute atomic E-state index is 5.84. The lowest BCUT2D eigenvalue weighted by Crippen LogP contribution is -2.55. The molecule has 1 saturated heterocycles. The van der Waals surface area contributed by atoms with E-state index in [2.05, 4.69) is 56.7 Å². The van der Waals surface area contributed by atoms with Crippen LogP contribution in [0.15, 0.2) is 12.1 Å². The number of piperazine rings is 1. The number of nitrogens with zero attached hydrogens (tertiary/aromatic N) is 3. The van der Waals surface area contributed by atoms with Gasteiger partial charge in [0, 0.05) is 37.4 Å². The Morgan fingerprint density at radius 3 is 2.35 bits per heavy atom. The van der Waals surface area contributed by atoms with Gasteiger partial charge in [-0.2, -0.15) is 0 Å². The molecule has 112 valence electrons. The van der Waals surface area contributed by atoms with Gasteiger partial charge in [-0.15, -0.1) is 0 Å². The van der Waals surface area contributed by atoms with E-state index >= 15 is 0 Å². The molecule has 1 aliphatic heterocycles. The SMILES string of the molecule is CC(C)c1cc(CN)cc(N2CC(C)N(C)C(C)C2)n1. The van der Waals surface area contributed by atoms with Crippen LogP contribution in [0, 0.1) is 0 Å². The van der Waals surface area contributed by atoms with Crippen molar-refractivity contribution in [2.75, 3.05) is 25.0 Å². The standard InChI is InChI=1S/C16H28N4/c1-11(2)15-6-14(8-17)7-16(18-15)20-9-12(3)19(5)13(4)10-20/h6-7,11-13H,8-10,17H2,1-5H3. The Bertz CT molecular complexity index is 446. The maximum atomic E-state index is 5.84. The summed E-state index contributed by atoms with van der Waals surface area (Å²) in [5.74, 6) is 1.52. The van der Waals surface area contributed by atoms with Crippen molar-refractivity contribution in [3.63, 3.8) is 0 Å². The molecule has 1 aromatic rings. The van der Waals surface area contributed by atoms with Gasteiger partial charge >= 0.3 is 0 Å². The number of likely N-dealkylation sites (N-methyl/N-ethyl adjacent to an activating group) is 1. The molecule has 4 nitrogen and oxygen atoms in total. The molecule has 20 heavy (non-hydrogen) atoms. The van der Waals surface area contributed by atoms with E-state index in [0.717, 1.165) is 24.6 Å². The molecule has 0 spiro atoms. The van der Waals surface area contributed by atoms with Gasteiger partial charge in [-0.1, -0.05) is 13.8 Å². The molecular weight excluding hydrogens is 248 g/mol. The average Bonchev–Trinajstić information content (AvgIpc) is 2.43. The summed E-state index contributed by atoms with van der Waals surface area (Å²) in [6.45, 7) is 11.5. The van der Waals surface area contributed by atoms with Gasteiger partial charge in [-0.05, 0) is 44.5 Å². The molecule has 2 atom stereocenters. The summed E-state index contributed by atoms with van der Waals surface area (Å²) in [4.78, 5) is 9.69. The van der Waals surface area contributed by atoms with Crippen molar-refractivity contribution >= 4 is 5.82 Å². The van der Waals surface area contributed by atoms with Gasteiger partial charge in [0.25, 0.3) is 0 Å². The smallest absolute Gasteiger partial charge is 0.129 e. The van der Waals surface area contributed by atoms with E-state index in [0.29, 0.717) is 24.5 Å². The number of pyridine rings is 1. The highest BCUT2D eigenvalue weighted by molar-refractivity contribution is 5.44. The molecule has 2 N–H and O–H groups in total. The van der Waals surface area contributed by atoms with E-state index in [9.17, 15) is 0 Å². The Morgan fingerprint density at radius 2 is 1.85 bits per heavy atom. The Labute approximate surface area is 123 Å². The number of hydrogen-bond donors (Lipinski definition) is 1. The molecule has 0 bridgehead atoms. The molecular formula is C16H28N4. The Hall–Kier alpha value is -1.13. The molecule has 1 aliphatic rings. The first-order valence-corrected chi connectivity index (χ1v) is 7.60. The molecule has 0 amide bonds. The minimum absolute atomic E-state index is 0.433. The summed E-state index contributed by atoms with van der Waals surface area (Å²) in [5, 5.41) is 0. The van der Waals surface area contributed by atoms with Gasteiger partial charge in [0.1, 0.15) is 5.82 Å². The Morgan fingerprint density at radius 1 is 1.25 bits per heavy atom. The van der Waals surface area contributed by atoms with Crippen molar-refractivity contribution in [3.8, 4) is 0 Å². The molecule has 0 saturated carbocycles. The van der Waals surface area contributed by atoms with Gasteiger partial charge in [0.05, 0.1) is 0 Å². The lowest BCUT2D eigenvalue weighted by molar-refractivity contribution is 0.169. The van der Waals surface area contributed by atoms with Crippen LogP contribution < -0.4 is 10.6 Å². The normalized spacial score (nSPS) is 24.4. The van der Waals surface area contributed by atoms with E-state index in [1.54, 1.807) is 0 Å². The highest BCUT2D eigenvalue weighted by Gasteiger charge is 2.27. The van der Waals surface area contributed by atoms with Crippen LogP contribution in [0.25, 0.3) is 0 Å². The third kappa shape index (κ3) is 3.13. The summed E-state index contributed by atoms with van der Waals surface area (Å²) in [6.07, 6.45) is 0. The van der Waals surface area contributed by atoms with Crippen molar-refractivity contribution in [1.29, 1.82) is 0 Å². The van der Waals surface area contributed by atoms with Crippen molar-refractivity contribution in [2.45, 2.75) is 52.2 Å². The first-order valence-electron chi connectivity index (χ1n) is 7.60. The zero-order valence-electron chi connectivity index (χ0n) is 13.4. The van der Waals surface area contributed by atoms with Gasteiger partial charge in [-0.25, -0.2) is 4.98 Å². The lowest BCUT2D eigenvalue weighted by atomic mass is 10.1. The summed E-state index contributed by atoms with van der Waals surface area (Å²) >= 11 is 0. The predicted molar refractivity (Wildman–Crippen MR) is 85.1 cm³/mol. The van der Waals surface area contributed by atoms with Crippen LogP contribution in [0.3, 0.4) is 0 Å². The fourth-order valence-corrected chi connectivity index (χ4v) is 2.76. The van der Waals surface area contributed by atoms with Crippen LogP contribution in [0.4, 0.5) is 5.82 Å². The van der Waals surface area contributed by atoms with Crippen LogP contribution in [-0.4, -0.2) is 42.1 Å². The molecule has 0 aromatic carbocycles. The molecule has 0 aliphatic carbocycles. The molecule has 2 heterocycles. The Kier molecular flexibility index (Phi) is 4.66. The van der Waals surface area contributed by atoms with Crippen molar-refractivity contribution in [3.05, 3.63) is 23.4 Å². The average molecular weight is 276 g/mol. The molecule has 4 heteroatoms. The summed E-state index contributed by atoms with van der Waals surface area (Å²) in [5.41, 5.74) is 8.16. The molecule has 2 rings (SSSR count). The van der Waals surface area contributed by atoms with Crippen LogP contribution in [0.2, 0.25) is 0 Å². The Balaban J connectivity index is 2.30. The summed E-state index contributed by atoms with van der Waals surface area (Å²) < 4.78 is 0. The number of aromatic nitrogens is 1. The van der Waals surface area contributed by atoms with Crippen molar-refractivity contribution < 1.29 is 0 Å².